The summed E-state index contributed by atoms with van der Waals surface area (Å²) in [5.41, 5.74) is 3.21. The van der Waals surface area contributed by atoms with Gasteiger partial charge in [0.25, 0.3) is 0 Å². The van der Waals surface area contributed by atoms with Crippen molar-refractivity contribution < 1.29 is 5.11 Å². The van der Waals surface area contributed by atoms with Gasteiger partial charge < -0.3 is 5.11 Å². The number of rotatable bonds is 2. The van der Waals surface area contributed by atoms with Crippen LogP contribution in [-0.4, -0.2) is 11.2 Å². The van der Waals surface area contributed by atoms with E-state index in [9.17, 15) is 5.11 Å². The lowest BCUT2D eigenvalue weighted by atomic mass is 9.74. The number of hydrogen-bond donors (Lipinski definition) is 1. The Labute approximate surface area is 110 Å². The maximum absolute atomic E-state index is 9.97. The van der Waals surface area contributed by atoms with E-state index in [1.807, 2.05) is 0 Å². The van der Waals surface area contributed by atoms with Gasteiger partial charge in [0.2, 0.25) is 0 Å². The third-order valence-corrected chi connectivity index (χ3v) is 4.35. The van der Waals surface area contributed by atoms with Crippen LogP contribution in [-0.2, 0) is 0 Å². The van der Waals surface area contributed by atoms with Crippen molar-refractivity contribution in [3.63, 3.8) is 0 Å². The molecule has 1 aromatic rings. The molecule has 1 nitrogen and oxygen atoms in total. The van der Waals surface area contributed by atoms with Crippen molar-refractivity contribution in [1.82, 2.24) is 0 Å². The summed E-state index contributed by atoms with van der Waals surface area (Å²) in [6, 6.07) is 10.8. The molecule has 0 bridgehead atoms. The number of aliphatic hydroxyl groups is 1. The van der Waals surface area contributed by atoms with Crippen LogP contribution in [0.4, 0.5) is 0 Å². The molecule has 0 spiro atoms. The fraction of sp³-hybridized carbons (Fsp3) is 0.529. The van der Waals surface area contributed by atoms with Crippen LogP contribution in [0.1, 0.15) is 44.6 Å². The summed E-state index contributed by atoms with van der Waals surface area (Å²) in [5, 5.41) is 9.97. The molecule has 3 atom stereocenters. The van der Waals surface area contributed by atoms with Crippen molar-refractivity contribution in [2.75, 3.05) is 0 Å². The molecule has 0 aliphatic heterocycles. The molecule has 3 unspecified atom stereocenters. The summed E-state index contributed by atoms with van der Waals surface area (Å²) < 4.78 is 0. The molecule has 96 valence electrons. The minimum absolute atomic E-state index is 0.235. The third-order valence-electron chi connectivity index (χ3n) is 4.35. The Morgan fingerprint density at radius 3 is 2.50 bits per heavy atom. The highest BCUT2D eigenvalue weighted by atomic mass is 16.3. The molecule has 2 aliphatic carbocycles. The second kappa shape index (κ2) is 4.24. The lowest BCUT2D eigenvalue weighted by molar-refractivity contribution is 0.137. The Morgan fingerprint density at radius 1 is 1.11 bits per heavy atom. The molecule has 18 heavy (non-hydrogen) atoms. The quantitative estimate of drug-likeness (QED) is 0.780. The second-order valence-corrected chi connectivity index (χ2v) is 6.71. The van der Waals surface area contributed by atoms with Crippen molar-refractivity contribution in [1.29, 1.82) is 0 Å². The van der Waals surface area contributed by atoms with E-state index in [0.29, 0.717) is 11.8 Å². The van der Waals surface area contributed by atoms with E-state index in [-0.39, 0.29) is 11.5 Å². The van der Waals surface area contributed by atoms with Crippen LogP contribution < -0.4 is 0 Å². The number of hydrogen-bond acceptors (Lipinski definition) is 1. The lowest BCUT2D eigenvalue weighted by Gasteiger charge is -2.33. The normalized spacial score (nSPS) is 33.9. The van der Waals surface area contributed by atoms with Gasteiger partial charge in [-0.1, -0.05) is 55.8 Å². The van der Waals surface area contributed by atoms with Gasteiger partial charge in [-0.25, -0.2) is 0 Å². The molecule has 2 aliphatic rings. The molecule has 0 heterocycles. The molecular formula is C17H22O. The minimum Gasteiger partial charge on any atom is -0.389 e. The zero-order valence-electron chi connectivity index (χ0n) is 11.3. The van der Waals surface area contributed by atoms with Crippen LogP contribution in [0.3, 0.4) is 0 Å². The van der Waals surface area contributed by atoms with Crippen molar-refractivity contribution in [2.45, 2.75) is 45.1 Å². The highest BCUT2D eigenvalue weighted by Crippen LogP contribution is 2.55. The van der Waals surface area contributed by atoms with Gasteiger partial charge in [0.05, 0.1) is 6.10 Å². The number of aliphatic hydroxyl groups excluding tert-OH is 1. The van der Waals surface area contributed by atoms with Gasteiger partial charge in [-0.2, -0.15) is 0 Å². The van der Waals surface area contributed by atoms with E-state index in [4.69, 9.17) is 0 Å². The van der Waals surface area contributed by atoms with E-state index in [2.05, 4.69) is 50.3 Å². The highest BCUT2D eigenvalue weighted by molar-refractivity contribution is 5.33. The second-order valence-electron chi connectivity index (χ2n) is 6.71. The van der Waals surface area contributed by atoms with E-state index < -0.39 is 0 Å². The van der Waals surface area contributed by atoms with E-state index in [1.54, 1.807) is 0 Å². The van der Waals surface area contributed by atoms with Crippen molar-refractivity contribution in [3.05, 3.63) is 47.5 Å². The molecule has 1 saturated carbocycles. The maximum atomic E-state index is 9.97. The van der Waals surface area contributed by atoms with Crippen LogP contribution in [0, 0.1) is 11.3 Å². The number of benzene rings is 1. The first kappa shape index (κ1) is 12.0. The molecule has 0 saturated heterocycles. The minimum atomic E-state index is -0.235. The van der Waals surface area contributed by atoms with Crippen LogP contribution in [0.5, 0.6) is 0 Å². The highest BCUT2D eigenvalue weighted by Gasteiger charge is 2.43. The SMILES string of the molecule is CC1(C)CC(C2CC2c2ccccc2)=CC(O)C1. The molecule has 3 rings (SSSR count). The summed E-state index contributed by atoms with van der Waals surface area (Å²) in [4.78, 5) is 0. The lowest BCUT2D eigenvalue weighted by Crippen LogP contribution is -2.25. The summed E-state index contributed by atoms with van der Waals surface area (Å²) in [5.74, 6) is 1.38. The first-order valence-electron chi connectivity index (χ1n) is 6.99. The zero-order valence-corrected chi connectivity index (χ0v) is 11.3. The fourth-order valence-corrected chi connectivity index (χ4v) is 3.48. The molecule has 0 radical (unpaired) electrons. The van der Waals surface area contributed by atoms with Crippen LogP contribution in [0.25, 0.3) is 0 Å². The van der Waals surface area contributed by atoms with E-state index in [1.165, 1.54) is 17.6 Å². The Hall–Kier alpha value is -1.08. The van der Waals surface area contributed by atoms with E-state index in [0.717, 1.165) is 12.8 Å². The topological polar surface area (TPSA) is 20.2 Å². The fourth-order valence-electron chi connectivity index (χ4n) is 3.48. The van der Waals surface area contributed by atoms with Gasteiger partial charge in [-0.05, 0) is 42.1 Å². The monoisotopic (exact) mass is 242 g/mol. The van der Waals surface area contributed by atoms with Gasteiger partial charge in [-0.3, -0.25) is 0 Å². The Kier molecular flexibility index (Phi) is 2.82. The molecule has 0 amide bonds. The van der Waals surface area contributed by atoms with Crippen LogP contribution in [0.2, 0.25) is 0 Å². The smallest absolute Gasteiger partial charge is 0.0728 e. The van der Waals surface area contributed by atoms with Crippen molar-refractivity contribution in [2.24, 2.45) is 11.3 Å². The van der Waals surface area contributed by atoms with Gasteiger partial charge in [0, 0.05) is 0 Å². The predicted molar refractivity (Wildman–Crippen MR) is 74.4 cm³/mol. The maximum Gasteiger partial charge on any atom is 0.0728 e. The summed E-state index contributed by atoms with van der Waals surface area (Å²) in [6.07, 6.45) is 5.20. The van der Waals surface area contributed by atoms with Crippen molar-refractivity contribution in [3.8, 4) is 0 Å². The van der Waals surface area contributed by atoms with E-state index >= 15 is 0 Å². The average molecular weight is 242 g/mol. The standard InChI is InChI=1S/C17H22O/c1-17(2)10-13(8-14(18)11-17)16-9-15(16)12-6-4-3-5-7-12/h3-8,14-16,18H,9-11H2,1-2H3. The first-order valence-corrected chi connectivity index (χ1v) is 6.99. The largest absolute Gasteiger partial charge is 0.389 e. The summed E-state index contributed by atoms with van der Waals surface area (Å²) in [6.45, 7) is 4.53. The van der Waals surface area contributed by atoms with Gasteiger partial charge >= 0.3 is 0 Å². The van der Waals surface area contributed by atoms with Crippen LogP contribution in [0.15, 0.2) is 42.0 Å². The molecule has 1 aromatic carbocycles. The molecular weight excluding hydrogens is 220 g/mol. The Bertz CT molecular complexity index is 458. The Morgan fingerprint density at radius 2 is 1.83 bits per heavy atom. The summed E-state index contributed by atoms with van der Waals surface area (Å²) in [7, 11) is 0. The molecule has 1 fully saturated rings. The van der Waals surface area contributed by atoms with Gasteiger partial charge in [-0.15, -0.1) is 0 Å². The van der Waals surface area contributed by atoms with Gasteiger partial charge in [0.1, 0.15) is 0 Å². The predicted octanol–water partition coefficient (Wildman–Crippen LogP) is 3.90. The number of allylic oxidation sites excluding steroid dienone is 1. The third kappa shape index (κ3) is 2.37. The molecule has 1 heteroatoms. The average Bonchev–Trinajstić information content (AvgIpc) is 3.07. The molecule has 0 aromatic heterocycles. The van der Waals surface area contributed by atoms with Crippen molar-refractivity contribution >= 4 is 0 Å². The first-order chi connectivity index (χ1) is 8.55. The summed E-state index contributed by atoms with van der Waals surface area (Å²) >= 11 is 0. The zero-order chi connectivity index (χ0) is 12.8. The molecule has 1 N–H and O–H groups in total. The Balaban J connectivity index is 1.75. The van der Waals surface area contributed by atoms with Crippen LogP contribution >= 0.6 is 0 Å². The van der Waals surface area contributed by atoms with Gasteiger partial charge in [0.15, 0.2) is 0 Å².